The molecule has 0 fully saturated rings. The molecule has 7 heteroatoms. The Morgan fingerprint density at radius 2 is 1.96 bits per heavy atom. The second-order valence-corrected chi connectivity index (χ2v) is 5.06. The lowest BCUT2D eigenvalue weighted by atomic mass is 10.2. The van der Waals surface area contributed by atoms with Crippen LogP contribution in [0.5, 0.6) is 0 Å². The first kappa shape index (κ1) is 15.1. The molecule has 0 atom stereocenters. The molecule has 3 rings (SSSR count). The molecule has 0 N–H and O–H groups in total. The second-order valence-electron chi connectivity index (χ2n) is 5.06. The second kappa shape index (κ2) is 6.51. The zero-order chi connectivity index (χ0) is 16.2. The topological polar surface area (TPSA) is 73.8 Å². The monoisotopic (exact) mass is 314 g/mol. The smallest absolute Gasteiger partial charge is 0.278 e. The first-order valence-electron chi connectivity index (χ1n) is 7.35. The van der Waals surface area contributed by atoms with Crippen LogP contribution in [0.4, 0.5) is 4.39 Å². The van der Waals surface area contributed by atoms with Gasteiger partial charge in [0.2, 0.25) is 5.82 Å². The van der Waals surface area contributed by atoms with Gasteiger partial charge in [0, 0.05) is 18.2 Å². The minimum atomic E-state index is -0.331. The molecule has 6 nitrogen and oxygen atoms in total. The van der Waals surface area contributed by atoms with Crippen molar-refractivity contribution in [1.29, 1.82) is 0 Å². The Morgan fingerprint density at radius 3 is 2.70 bits per heavy atom. The van der Waals surface area contributed by atoms with Crippen molar-refractivity contribution in [3.8, 4) is 23.0 Å². The highest BCUT2D eigenvalue weighted by molar-refractivity contribution is 5.57. The summed E-state index contributed by atoms with van der Waals surface area (Å²) >= 11 is 0. The maximum absolute atomic E-state index is 12.9. The first-order valence-corrected chi connectivity index (χ1v) is 7.35. The summed E-state index contributed by atoms with van der Waals surface area (Å²) in [6.45, 7) is 2.59. The van der Waals surface area contributed by atoms with Crippen LogP contribution in [0, 0.1) is 5.82 Å². The molecular formula is C16H15FN4O2. The average molecular weight is 314 g/mol. The van der Waals surface area contributed by atoms with Crippen LogP contribution in [0.1, 0.15) is 19.8 Å². The number of hydrogen-bond acceptors (Lipinski definition) is 5. The predicted octanol–water partition coefficient (Wildman–Crippen LogP) is 2.90. The van der Waals surface area contributed by atoms with E-state index in [2.05, 4.69) is 15.2 Å². The van der Waals surface area contributed by atoms with Crippen LogP contribution in [0.2, 0.25) is 0 Å². The zero-order valence-electron chi connectivity index (χ0n) is 12.6. The lowest BCUT2D eigenvalue weighted by Crippen LogP contribution is -2.22. The van der Waals surface area contributed by atoms with Gasteiger partial charge in [-0.3, -0.25) is 4.79 Å². The molecule has 2 heterocycles. The minimum Gasteiger partial charge on any atom is -0.332 e. The van der Waals surface area contributed by atoms with Crippen LogP contribution in [-0.4, -0.2) is 19.9 Å². The fourth-order valence-electron chi connectivity index (χ4n) is 2.07. The van der Waals surface area contributed by atoms with E-state index in [1.165, 1.54) is 22.9 Å². The highest BCUT2D eigenvalue weighted by Gasteiger charge is 2.13. The van der Waals surface area contributed by atoms with E-state index in [4.69, 9.17) is 4.52 Å². The largest absolute Gasteiger partial charge is 0.332 e. The van der Waals surface area contributed by atoms with E-state index >= 15 is 0 Å². The Morgan fingerprint density at radius 1 is 1.17 bits per heavy atom. The quantitative estimate of drug-likeness (QED) is 0.724. The van der Waals surface area contributed by atoms with Gasteiger partial charge in [0.15, 0.2) is 0 Å². The highest BCUT2D eigenvalue weighted by Crippen LogP contribution is 2.20. The van der Waals surface area contributed by atoms with Crippen LogP contribution in [0.25, 0.3) is 23.0 Å². The van der Waals surface area contributed by atoms with Gasteiger partial charge in [0.05, 0.1) is 0 Å². The van der Waals surface area contributed by atoms with Crippen LogP contribution in [0.3, 0.4) is 0 Å². The molecule has 118 valence electrons. The molecule has 2 aromatic heterocycles. The SMILES string of the molecule is CCCCn1nc(-c2nc(-c3ccc(F)cc3)no2)ccc1=O. The van der Waals surface area contributed by atoms with Gasteiger partial charge in [-0.05, 0) is 36.8 Å². The van der Waals surface area contributed by atoms with Crippen molar-refractivity contribution >= 4 is 0 Å². The average Bonchev–Trinajstić information content (AvgIpc) is 3.05. The lowest BCUT2D eigenvalue weighted by Gasteiger charge is -2.03. The van der Waals surface area contributed by atoms with Crippen molar-refractivity contribution in [3.05, 3.63) is 52.6 Å². The molecule has 0 radical (unpaired) electrons. The normalized spacial score (nSPS) is 10.9. The summed E-state index contributed by atoms with van der Waals surface area (Å²) in [7, 11) is 0. The van der Waals surface area contributed by atoms with E-state index < -0.39 is 0 Å². The zero-order valence-corrected chi connectivity index (χ0v) is 12.6. The third-order valence-electron chi connectivity index (χ3n) is 3.34. The Kier molecular flexibility index (Phi) is 4.27. The third-order valence-corrected chi connectivity index (χ3v) is 3.34. The van der Waals surface area contributed by atoms with E-state index in [1.807, 2.05) is 6.92 Å². The van der Waals surface area contributed by atoms with Crippen LogP contribution in [0.15, 0.2) is 45.7 Å². The molecule has 23 heavy (non-hydrogen) atoms. The Labute approximate surface area is 131 Å². The van der Waals surface area contributed by atoms with E-state index in [0.29, 0.717) is 23.6 Å². The van der Waals surface area contributed by atoms with Crippen molar-refractivity contribution in [2.45, 2.75) is 26.3 Å². The number of aromatic nitrogens is 4. The molecule has 0 unspecified atom stereocenters. The van der Waals surface area contributed by atoms with Crippen LogP contribution < -0.4 is 5.56 Å². The molecule has 0 amide bonds. The molecule has 0 aliphatic rings. The Hall–Kier alpha value is -2.83. The van der Waals surface area contributed by atoms with Crippen molar-refractivity contribution in [1.82, 2.24) is 19.9 Å². The van der Waals surface area contributed by atoms with Gasteiger partial charge < -0.3 is 4.52 Å². The van der Waals surface area contributed by atoms with Crippen molar-refractivity contribution in [3.63, 3.8) is 0 Å². The van der Waals surface area contributed by atoms with Crippen molar-refractivity contribution < 1.29 is 8.91 Å². The van der Waals surface area contributed by atoms with Gasteiger partial charge in [0.25, 0.3) is 11.4 Å². The van der Waals surface area contributed by atoms with E-state index in [-0.39, 0.29) is 17.3 Å². The van der Waals surface area contributed by atoms with Gasteiger partial charge in [-0.2, -0.15) is 10.1 Å². The minimum absolute atomic E-state index is 0.166. The van der Waals surface area contributed by atoms with Gasteiger partial charge in [-0.25, -0.2) is 9.07 Å². The van der Waals surface area contributed by atoms with Crippen LogP contribution >= 0.6 is 0 Å². The molecular weight excluding hydrogens is 299 g/mol. The predicted molar refractivity (Wildman–Crippen MR) is 82.1 cm³/mol. The number of benzene rings is 1. The molecule has 3 aromatic rings. The standard InChI is InChI=1S/C16H15FN4O2/c1-2-3-10-21-14(22)9-8-13(19-21)16-18-15(20-23-16)11-4-6-12(17)7-5-11/h4-9H,2-3,10H2,1H3. The maximum atomic E-state index is 12.9. The maximum Gasteiger partial charge on any atom is 0.278 e. The number of hydrogen-bond donors (Lipinski definition) is 0. The Bertz CT molecular complexity index is 855. The number of halogens is 1. The summed E-state index contributed by atoms with van der Waals surface area (Å²) in [5.41, 5.74) is 0.905. The van der Waals surface area contributed by atoms with Gasteiger partial charge in [-0.15, -0.1) is 0 Å². The van der Waals surface area contributed by atoms with E-state index in [9.17, 15) is 9.18 Å². The number of rotatable bonds is 5. The molecule has 0 saturated carbocycles. The molecule has 0 spiro atoms. The number of unbranched alkanes of at least 4 members (excludes halogenated alkanes) is 1. The summed E-state index contributed by atoms with van der Waals surface area (Å²) in [6, 6.07) is 8.77. The number of aryl methyl sites for hydroxylation is 1. The van der Waals surface area contributed by atoms with Gasteiger partial charge >= 0.3 is 0 Å². The van der Waals surface area contributed by atoms with Gasteiger partial charge in [0.1, 0.15) is 11.5 Å². The molecule has 1 aromatic carbocycles. The fraction of sp³-hybridized carbons (Fsp3) is 0.250. The Balaban J connectivity index is 1.91. The number of nitrogens with zero attached hydrogens (tertiary/aromatic N) is 4. The third kappa shape index (κ3) is 3.33. The summed E-state index contributed by atoms with van der Waals surface area (Å²) in [5.74, 6) is 0.227. The van der Waals surface area contributed by atoms with Crippen molar-refractivity contribution in [2.24, 2.45) is 0 Å². The van der Waals surface area contributed by atoms with E-state index in [1.54, 1.807) is 18.2 Å². The summed E-state index contributed by atoms with van der Waals surface area (Å²) in [6.07, 6.45) is 1.83. The van der Waals surface area contributed by atoms with E-state index in [0.717, 1.165) is 12.8 Å². The molecule has 0 saturated heterocycles. The van der Waals surface area contributed by atoms with Crippen molar-refractivity contribution in [2.75, 3.05) is 0 Å². The summed E-state index contributed by atoms with van der Waals surface area (Å²) < 4.78 is 19.5. The molecule has 0 aliphatic heterocycles. The van der Waals surface area contributed by atoms with Crippen LogP contribution in [-0.2, 0) is 6.54 Å². The summed E-state index contributed by atoms with van der Waals surface area (Å²) in [5, 5.41) is 8.12. The molecule has 0 bridgehead atoms. The fourth-order valence-corrected chi connectivity index (χ4v) is 2.07. The first-order chi connectivity index (χ1) is 11.2. The highest BCUT2D eigenvalue weighted by atomic mass is 19.1. The summed E-state index contributed by atoms with van der Waals surface area (Å²) in [4.78, 5) is 16.0. The molecule has 0 aliphatic carbocycles. The lowest BCUT2D eigenvalue weighted by molar-refractivity contribution is 0.428. The van der Waals surface area contributed by atoms with Gasteiger partial charge in [-0.1, -0.05) is 18.5 Å².